The van der Waals surface area contributed by atoms with Crippen LogP contribution in [0.4, 0.5) is 5.95 Å². The molecule has 2 fully saturated rings. The lowest BCUT2D eigenvalue weighted by Gasteiger charge is -2.33. The molecule has 236 valence electrons. The number of nitrogens with zero attached hydrogens (tertiary/aromatic N) is 5. The summed E-state index contributed by atoms with van der Waals surface area (Å²) in [5, 5.41) is 0. The van der Waals surface area contributed by atoms with Gasteiger partial charge in [-0.3, -0.25) is 4.79 Å². The standard InChI is InChI=1S/C39H43N5O2/c45-37(32-13-4-1-5-14-32)43-26-22-39(31-43,33-15-6-2-7-16-33)21-25-41-23-12-24-42(28-27-41)38-40-35-19-10-11-20-36(35)44(38)29-30-46-34-17-8-3-9-18-34/h1-11,13-20H,12,21-31H2. The monoisotopic (exact) mass is 613 g/mol. The van der Waals surface area contributed by atoms with Gasteiger partial charge in [0.1, 0.15) is 12.4 Å². The molecule has 2 aliphatic rings. The fraction of sp³-hybridized carbons (Fsp3) is 0.333. The summed E-state index contributed by atoms with van der Waals surface area (Å²) in [4.78, 5) is 25.7. The number of carbonyl (C=O) groups excluding carboxylic acids is 1. The van der Waals surface area contributed by atoms with E-state index in [1.165, 1.54) is 5.56 Å². The number of ether oxygens (including phenoxy) is 1. The van der Waals surface area contributed by atoms with Crippen LogP contribution in [0.3, 0.4) is 0 Å². The molecule has 7 nitrogen and oxygen atoms in total. The Morgan fingerprint density at radius 2 is 1.46 bits per heavy atom. The summed E-state index contributed by atoms with van der Waals surface area (Å²) in [5.74, 6) is 2.06. The van der Waals surface area contributed by atoms with Crippen LogP contribution in [0.15, 0.2) is 115 Å². The van der Waals surface area contributed by atoms with Gasteiger partial charge < -0.3 is 24.0 Å². The molecule has 5 aromatic rings. The fourth-order valence-electron chi connectivity index (χ4n) is 7.25. The first-order valence-electron chi connectivity index (χ1n) is 16.7. The van der Waals surface area contributed by atoms with Crippen LogP contribution in [-0.2, 0) is 12.0 Å². The van der Waals surface area contributed by atoms with E-state index in [0.717, 1.165) is 99.9 Å². The topological polar surface area (TPSA) is 53.8 Å². The molecule has 0 N–H and O–H groups in total. The lowest BCUT2D eigenvalue weighted by atomic mass is 9.76. The molecule has 2 aliphatic heterocycles. The largest absolute Gasteiger partial charge is 0.492 e. The highest BCUT2D eigenvalue weighted by Crippen LogP contribution is 2.39. The number of rotatable bonds is 10. The summed E-state index contributed by atoms with van der Waals surface area (Å²) >= 11 is 0. The van der Waals surface area contributed by atoms with Crippen molar-refractivity contribution in [1.29, 1.82) is 0 Å². The van der Waals surface area contributed by atoms with Crippen LogP contribution in [0.25, 0.3) is 11.0 Å². The van der Waals surface area contributed by atoms with E-state index in [4.69, 9.17) is 9.72 Å². The van der Waals surface area contributed by atoms with E-state index in [2.05, 4.69) is 73.9 Å². The summed E-state index contributed by atoms with van der Waals surface area (Å²) in [6.07, 6.45) is 3.11. The van der Waals surface area contributed by atoms with E-state index in [0.29, 0.717) is 6.61 Å². The van der Waals surface area contributed by atoms with Gasteiger partial charge in [0.15, 0.2) is 0 Å². The van der Waals surface area contributed by atoms with Gasteiger partial charge in [-0.2, -0.15) is 0 Å². The van der Waals surface area contributed by atoms with Crippen molar-refractivity contribution < 1.29 is 9.53 Å². The van der Waals surface area contributed by atoms with Gasteiger partial charge in [0.05, 0.1) is 17.6 Å². The summed E-state index contributed by atoms with van der Waals surface area (Å²) in [6.45, 7) is 7.85. The Morgan fingerprint density at radius 3 is 2.26 bits per heavy atom. The predicted octanol–water partition coefficient (Wildman–Crippen LogP) is 6.50. The zero-order chi connectivity index (χ0) is 31.2. The normalized spacial score (nSPS) is 19.0. The molecular weight excluding hydrogens is 570 g/mol. The Balaban J connectivity index is 1.03. The molecule has 1 aromatic heterocycles. The minimum absolute atomic E-state index is 0.0373. The number of amides is 1. The molecule has 1 atom stereocenters. The lowest BCUT2D eigenvalue weighted by Crippen LogP contribution is -2.39. The average molecular weight is 614 g/mol. The first-order valence-corrected chi connectivity index (χ1v) is 16.7. The molecule has 4 aromatic carbocycles. The van der Waals surface area contributed by atoms with Crippen molar-refractivity contribution >= 4 is 22.9 Å². The van der Waals surface area contributed by atoms with Crippen molar-refractivity contribution in [3.8, 4) is 5.75 Å². The Morgan fingerprint density at radius 1 is 0.739 bits per heavy atom. The van der Waals surface area contributed by atoms with E-state index >= 15 is 0 Å². The SMILES string of the molecule is O=C(c1ccccc1)N1CCC(CCN2CCCN(c3nc4ccccc4n3CCOc3ccccc3)CC2)(c2ccccc2)C1. The smallest absolute Gasteiger partial charge is 0.253 e. The molecule has 7 heteroatoms. The Kier molecular flexibility index (Phi) is 9.01. The second kappa shape index (κ2) is 13.8. The molecule has 1 amide bonds. The molecule has 0 aliphatic carbocycles. The Hall–Kier alpha value is -4.62. The van der Waals surface area contributed by atoms with E-state index < -0.39 is 0 Å². The molecule has 0 bridgehead atoms. The van der Waals surface area contributed by atoms with Crippen LogP contribution in [0, 0.1) is 0 Å². The highest BCUT2D eigenvalue weighted by molar-refractivity contribution is 5.94. The summed E-state index contributed by atoms with van der Waals surface area (Å²) in [7, 11) is 0. The number of anilines is 1. The number of fused-ring (bicyclic) bond motifs is 1. The molecule has 0 spiro atoms. The second-order valence-corrected chi connectivity index (χ2v) is 12.6. The van der Waals surface area contributed by atoms with Gasteiger partial charge in [-0.25, -0.2) is 4.98 Å². The highest BCUT2D eigenvalue weighted by Gasteiger charge is 2.41. The maximum absolute atomic E-state index is 13.4. The molecule has 3 heterocycles. The number of likely N-dealkylation sites (tertiary alicyclic amines) is 1. The number of benzene rings is 4. The van der Waals surface area contributed by atoms with Crippen molar-refractivity contribution in [2.75, 3.05) is 57.3 Å². The summed E-state index contributed by atoms with van der Waals surface area (Å²) < 4.78 is 8.41. The zero-order valence-corrected chi connectivity index (χ0v) is 26.5. The molecular formula is C39H43N5O2. The van der Waals surface area contributed by atoms with Crippen LogP contribution in [-0.4, -0.2) is 77.7 Å². The molecule has 7 rings (SSSR count). The van der Waals surface area contributed by atoms with E-state index in [1.807, 2.05) is 60.7 Å². The third kappa shape index (κ3) is 6.51. The fourth-order valence-corrected chi connectivity index (χ4v) is 7.25. The van der Waals surface area contributed by atoms with Gasteiger partial charge in [-0.05, 0) is 74.3 Å². The second-order valence-electron chi connectivity index (χ2n) is 12.6. The number of hydrogen-bond donors (Lipinski definition) is 0. The quantitative estimate of drug-likeness (QED) is 0.180. The van der Waals surface area contributed by atoms with Crippen LogP contribution >= 0.6 is 0 Å². The van der Waals surface area contributed by atoms with Crippen molar-refractivity contribution in [2.45, 2.75) is 31.2 Å². The summed E-state index contributed by atoms with van der Waals surface area (Å²) in [5.41, 5.74) is 4.26. The van der Waals surface area contributed by atoms with Crippen molar-refractivity contribution in [2.24, 2.45) is 0 Å². The summed E-state index contributed by atoms with van der Waals surface area (Å²) in [6, 6.07) is 39.0. The number of hydrogen-bond acceptors (Lipinski definition) is 5. The van der Waals surface area contributed by atoms with Crippen LogP contribution in [0.2, 0.25) is 0 Å². The molecule has 2 saturated heterocycles. The zero-order valence-electron chi connectivity index (χ0n) is 26.5. The average Bonchev–Trinajstić information content (AvgIpc) is 3.63. The third-order valence-corrected chi connectivity index (χ3v) is 9.79. The van der Waals surface area contributed by atoms with E-state index in [-0.39, 0.29) is 11.3 Å². The van der Waals surface area contributed by atoms with Gasteiger partial charge in [0, 0.05) is 43.7 Å². The van der Waals surface area contributed by atoms with E-state index in [1.54, 1.807) is 0 Å². The minimum atomic E-state index is -0.0373. The minimum Gasteiger partial charge on any atom is -0.492 e. The molecule has 0 radical (unpaired) electrons. The first-order chi connectivity index (χ1) is 22.7. The van der Waals surface area contributed by atoms with Crippen molar-refractivity contribution in [3.63, 3.8) is 0 Å². The maximum Gasteiger partial charge on any atom is 0.253 e. The van der Waals surface area contributed by atoms with Gasteiger partial charge in [-0.1, -0.05) is 78.9 Å². The molecule has 0 saturated carbocycles. The number of carbonyl (C=O) groups is 1. The number of para-hydroxylation sites is 3. The van der Waals surface area contributed by atoms with Crippen LogP contribution < -0.4 is 9.64 Å². The van der Waals surface area contributed by atoms with Gasteiger partial charge in [0.25, 0.3) is 5.91 Å². The van der Waals surface area contributed by atoms with Crippen LogP contribution in [0.1, 0.15) is 35.2 Å². The molecule has 46 heavy (non-hydrogen) atoms. The molecule has 1 unspecified atom stereocenters. The number of imidazole rings is 1. The predicted molar refractivity (Wildman–Crippen MR) is 185 cm³/mol. The number of aromatic nitrogens is 2. The van der Waals surface area contributed by atoms with Crippen LogP contribution in [0.5, 0.6) is 5.75 Å². The first kappa shape index (κ1) is 30.1. The maximum atomic E-state index is 13.4. The van der Waals surface area contributed by atoms with Crippen molar-refractivity contribution in [1.82, 2.24) is 19.4 Å². The third-order valence-electron chi connectivity index (χ3n) is 9.79. The van der Waals surface area contributed by atoms with Gasteiger partial charge in [0.2, 0.25) is 5.95 Å². The van der Waals surface area contributed by atoms with Gasteiger partial charge >= 0.3 is 0 Å². The Bertz CT molecular complexity index is 1730. The van der Waals surface area contributed by atoms with E-state index in [9.17, 15) is 4.79 Å². The van der Waals surface area contributed by atoms with Crippen molar-refractivity contribution in [3.05, 3.63) is 126 Å². The van der Waals surface area contributed by atoms with Gasteiger partial charge in [-0.15, -0.1) is 0 Å². The highest BCUT2D eigenvalue weighted by atomic mass is 16.5. The lowest BCUT2D eigenvalue weighted by molar-refractivity contribution is 0.0781. The Labute approximate surface area is 272 Å².